The van der Waals surface area contributed by atoms with Crippen LogP contribution in [0, 0.1) is 0 Å². The first kappa shape index (κ1) is 22.0. The third-order valence-electron chi connectivity index (χ3n) is 6.35. The van der Waals surface area contributed by atoms with Crippen molar-refractivity contribution in [3.8, 4) is 17.2 Å². The fraction of sp³-hybridized carbons (Fsp3) is 0.259. The topological polar surface area (TPSA) is 77.4 Å². The van der Waals surface area contributed by atoms with E-state index in [1.165, 1.54) is 5.56 Å². The molecule has 174 valence electrons. The summed E-state index contributed by atoms with van der Waals surface area (Å²) in [5.74, 6) is 2.55. The van der Waals surface area contributed by atoms with Crippen LogP contribution in [0.4, 0.5) is 5.82 Å². The van der Waals surface area contributed by atoms with E-state index in [0.717, 1.165) is 36.8 Å². The van der Waals surface area contributed by atoms with Gasteiger partial charge in [0.1, 0.15) is 11.6 Å². The van der Waals surface area contributed by atoms with Gasteiger partial charge in [-0.2, -0.15) is 0 Å². The molecule has 0 bridgehead atoms. The number of nitrogens with zero attached hydrogens (tertiary/aromatic N) is 2. The van der Waals surface area contributed by atoms with Crippen molar-refractivity contribution in [2.24, 2.45) is 7.05 Å². The molecule has 1 aliphatic rings. The predicted molar refractivity (Wildman–Crippen MR) is 133 cm³/mol. The number of fused-ring (bicyclic) bond motifs is 1. The fourth-order valence-corrected chi connectivity index (χ4v) is 4.44. The number of piperidine rings is 1. The number of rotatable bonds is 6. The number of anilines is 1. The maximum Gasteiger partial charge on any atom is 0.256 e. The molecule has 4 aromatic rings. The molecule has 1 amide bonds. The summed E-state index contributed by atoms with van der Waals surface area (Å²) >= 11 is 0. The summed E-state index contributed by atoms with van der Waals surface area (Å²) in [6.07, 6.45) is 5.86. The van der Waals surface area contributed by atoms with Crippen molar-refractivity contribution in [3.63, 3.8) is 0 Å². The number of methoxy groups -OCH3 is 1. The SMILES string of the molecule is COc1cc2c(ccn2C)cc1Oc1ccnc(NC(=O)c2ccc(C3CCNCC3)cc2)c1. The van der Waals surface area contributed by atoms with Crippen LogP contribution < -0.4 is 20.1 Å². The molecule has 5 rings (SSSR count). The molecule has 0 atom stereocenters. The van der Waals surface area contributed by atoms with Gasteiger partial charge in [0.25, 0.3) is 5.91 Å². The Bertz CT molecular complexity index is 1310. The second-order valence-electron chi connectivity index (χ2n) is 8.57. The smallest absolute Gasteiger partial charge is 0.256 e. The van der Waals surface area contributed by atoms with Crippen LogP contribution in [-0.4, -0.2) is 35.7 Å². The first-order valence-electron chi connectivity index (χ1n) is 11.5. The largest absolute Gasteiger partial charge is 0.493 e. The zero-order valence-electron chi connectivity index (χ0n) is 19.4. The number of hydrogen-bond acceptors (Lipinski definition) is 5. The van der Waals surface area contributed by atoms with Gasteiger partial charge in [-0.15, -0.1) is 0 Å². The van der Waals surface area contributed by atoms with Gasteiger partial charge in [-0.3, -0.25) is 4.79 Å². The normalized spacial score (nSPS) is 14.2. The highest BCUT2D eigenvalue weighted by molar-refractivity contribution is 6.03. The summed E-state index contributed by atoms with van der Waals surface area (Å²) in [5.41, 5.74) is 2.94. The number of pyridine rings is 1. The zero-order valence-corrected chi connectivity index (χ0v) is 19.4. The molecular weight excluding hydrogens is 428 g/mol. The lowest BCUT2D eigenvalue weighted by molar-refractivity contribution is 0.102. The fourth-order valence-electron chi connectivity index (χ4n) is 4.44. The van der Waals surface area contributed by atoms with Gasteiger partial charge in [0, 0.05) is 42.5 Å². The summed E-state index contributed by atoms with van der Waals surface area (Å²) in [6, 6.07) is 17.2. The number of aryl methyl sites for hydroxylation is 1. The second kappa shape index (κ2) is 9.57. The van der Waals surface area contributed by atoms with E-state index in [1.54, 1.807) is 25.4 Å². The van der Waals surface area contributed by atoms with Crippen LogP contribution in [0.3, 0.4) is 0 Å². The van der Waals surface area contributed by atoms with Crippen LogP contribution in [0.1, 0.15) is 34.7 Å². The number of nitrogens with one attached hydrogen (secondary N) is 2. The number of ether oxygens (including phenoxy) is 2. The number of carbonyl (C=O) groups excluding carboxylic acids is 1. The van der Waals surface area contributed by atoms with Crippen molar-refractivity contribution < 1.29 is 14.3 Å². The first-order valence-corrected chi connectivity index (χ1v) is 11.5. The van der Waals surface area contributed by atoms with Crippen LogP contribution in [0.25, 0.3) is 10.9 Å². The second-order valence-corrected chi connectivity index (χ2v) is 8.57. The molecule has 7 heteroatoms. The molecule has 2 N–H and O–H groups in total. The molecule has 0 unspecified atom stereocenters. The lowest BCUT2D eigenvalue weighted by Gasteiger charge is -2.23. The number of hydrogen-bond donors (Lipinski definition) is 2. The van der Waals surface area contributed by atoms with E-state index >= 15 is 0 Å². The lowest BCUT2D eigenvalue weighted by atomic mass is 9.90. The highest BCUT2D eigenvalue weighted by Crippen LogP contribution is 2.36. The molecule has 1 fully saturated rings. The average Bonchev–Trinajstić information content (AvgIpc) is 3.23. The van der Waals surface area contributed by atoms with Crippen molar-refractivity contribution >= 4 is 22.6 Å². The first-order chi connectivity index (χ1) is 16.6. The molecule has 1 saturated heterocycles. The van der Waals surface area contributed by atoms with Crippen molar-refractivity contribution in [2.75, 3.05) is 25.5 Å². The molecule has 1 aliphatic heterocycles. The number of carbonyl (C=O) groups is 1. The van der Waals surface area contributed by atoms with Crippen LogP contribution in [0.15, 0.2) is 67.0 Å². The Balaban J connectivity index is 1.30. The van der Waals surface area contributed by atoms with Gasteiger partial charge in [0.05, 0.1) is 12.6 Å². The van der Waals surface area contributed by atoms with Gasteiger partial charge in [-0.05, 0) is 67.7 Å². The van der Waals surface area contributed by atoms with E-state index in [9.17, 15) is 4.79 Å². The molecular formula is C27H28N4O3. The van der Waals surface area contributed by atoms with Crippen molar-refractivity contribution in [1.29, 1.82) is 0 Å². The van der Waals surface area contributed by atoms with Crippen LogP contribution in [0.2, 0.25) is 0 Å². The third-order valence-corrected chi connectivity index (χ3v) is 6.35. The van der Waals surface area contributed by atoms with Gasteiger partial charge < -0.3 is 24.7 Å². The van der Waals surface area contributed by atoms with E-state index in [4.69, 9.17) is 9.47 Å². The summed E-state index contributed by atoms with van der Waals surface area (Å²) in [5, 5.41) is 7.31. The van der Waals surface area contributed by atoms with E-state index in [1.807, 2.05) is 48.1 Å². The monoisotopic (exact) mass is 456 g/mol. The Labute approximate surface area is 198 Å². The van der Waals surface area contributed by atoms with Gasteiger partial charge >= 0.3 is 0 Å². The van der Waals surface area contributed by atoms with E-state index in [0.29, 0.717) is 34.5 Å². The van der Waals surface area contributed by atoms with E-state index < -0.39 is 0 Å². The highest BCUT2D eigenvalue weighted by Gasteiger charge is 2.16. The summed E-state index contributed by atoms with van der Waals surface area (Å²) in [6.45, 7) is 2.09. The number of amides is 1. The Kier molecular flexibility index (Phi) is 6.18. The van der Waals surface area contributed by atoms with Gasteiger partial charge in [-0.1, -0.05) is 12.1 Å². The van der Waals surface area contributed by atoms with Crippen LogP contribution >= 0.6 is 0 Å². The summed E-state index contributed by atoms with van der Waals surface area (Å²) in [7, 11) is 3.60. The van der Waals surface area contributed by atoms with Gasteiger partial charge in [0.2, 0.25) is 0 Å². The summed E-state index contributed by atoms with van der Waals surface area (Å²) in [4.78, 5) is 17.1. The Hall–Kier alpha value is -3.84. The minimum absolute atomic E-state index is 0.204. The Morgan fingerprint density at radius 3 is 2.62 bits per heavy atom. The number of aromatic nitrogens is 2. The van der Waals surface area contributed by atoms with Crippen molar-refractivity contribution in [1.82, 2.24) is 14.9 Å². The van der Waals surface area contributed by atoms with Crippen molar-refractivity contribution in [2.45, 2.75) is 18.8 Å². The Morgan fingerprint density at radius 2 is 1.85 bits per heavy atom. The third kappa shape index (κ3) is 4.61. The molecule has 2 aromatic heterocycles. The molecule has 2 aromatic carbocycles. The quantitative estimate of drug-likeness (QED) is 0.422. The highest BCUT2D eigenvalue weighted by atomic mass is 16.5. The molecule has 3 heterocycles. The predicted octanol–water partition coefficient (Wildman–Crippen LogP) is 5.09. The maximum atomic E-state index is 12.8. The molecule has 0 saturated carbocycles. The van der Waals surface area contributed by atoms with Crippen molar-refractivity contribution in [3.05, 3.63) is 78.1 Å². The molecule has 0 spiro atoms. The number of benzene rings is 2. The molecule has 0 aliphatic carbocycles. The van der Waals surface area contributed by atoms with Gasteiger partial charge in [0.15, 0.2) is 11.5 Å². The molecule has 0 radical (unpaired) electrons. The van der Waals surface area contributed by atoms with Crippen LogP contribution in [0.5, 0.6) is 17.2 Å². The average molecular weight is 457 g/mol. The van der Waals surface area contributed by atoms with Crippen LogP contribution in [-0.2, 0) is 7.05 Å². The zero-order chi connectivity index (χ0) is 23.5. The standard InChI is InChI=1S/C27H28N4O3/c1-31-14-10-21-15-25(24(33-2)17-23(21)31)34-22-9-13-29-26(16-22)30-27(32)20-5-3-18(4-6-20)19-7-11-28-12-8-19/h3-6,9-10,13-17,19,28H,7-8,11-12H2,1-2H3,(H,29,30,32). The van der Waals surface area contributed by atoms with Gasteiger partial charge in [-0.25, -0.2) is 4.98 Å². The lowest BCUT2D eigenvalue weighted by Crippen LogP contribution is -2.26. The van der Waals surface area contributed by atoms with E-state index in [-0.39, 0.29) is 5.91 Å². The molecule has 34 heavy (non-hydrogen) atoms. The minimum atomic E-state index is -0.204. The minimum Gasteiger partial charge on any atom is -0.493 e. The summed E-state index contributed by atoms with van der Waals surface area (Å²) < 4.78 is 13.7. The Morgan fingerprint density at radius 1 is 1.06 bits per heavy atom. The molecule has 7 nitrogen and oxygen atoms in total. The maximum absolute atomic E-state index is 12.8. The van der Waals surface area contributed by atoms with E-state index in [2.05, 4.69) is 27.8 Å².